The van der Waals surface area contributed by atoms with Crippen molar-refractivity contribution in [2.75, 3.05) is 19.8 Å². The predicted octanol–water partition coefficient (Wildman–Crippen LogP) is 0.440. The lowest BCUT2D eigenvalue weighted by atomic mass is 10.2. The minimum Gasteiger partial charge on any atom is -0.382 e. The highest BCUT2D eigenvalue weighted by Crippen LogP contribution is 2.07. The summed E-state index contributed by atoms with van der Waals surface area (Å²) < 4.78 is 5.09. The molecule has 0 saturated carbocycles. The molecule has 1 rings (SSSR count). The lowest BCUT2D eigenvalue weighted by Gasteiger charge is -2.04. The van der Waals surface area contributed by atoms with E-state index in [-0.39, 0.29) is 11.3 Å². The van der Waals surface area contributed by atoms with Gasteiger partial charge in [-0.2, -0.15) is 0 Å². The molecule has 19 heavy (non-hydrogen) atoms. The lowest BCUT2D eigenvalue weighted by molar-refractivity contribution is -0.385. The topological polar surface area (TPSA) is 114 Å². The number of H-pyrrole nitrogens is 1. The molecule has 0 fully saturated rings. The molecule has 0 unspecified atom stereocenters. The van der Waals surface area contributed by atoms with E-state index in [1.165, 1.54) is 0 Å². The minimum absolute atomic E-state index is 0.273. The molecule has 0 aliphatic rings. The quantitative estimate of drug-likeness (QED) is 0.423. The van der Waals surface area contributed by atoms with Gasteiger partial charge in [-0.1, -0.05) is 0 Å². The lowest BCUT2D eigenvalue weighted by Crippen LogP contribution is -2.30. The molecule has 0 saturated heterocycles. The summed E-state index contributed by atoms with van der Waals surface area (Å²) in [6.07, 6.45) is 1.56. The number of pyridine rings is 1. The minimum atomic E-state index is -0.679. The van der Waals surface area contributed by atoms with Gasteiger partial charge in [0.1, 0.15) is 5.56 Å². The van der Waals surface area contributed by atoms with Crippen molar-refractivity contribution in [3.8, 4) is 0 Å². The van der Waals surface area contributed by atoms with Crippen LogP contribution in [0.2, 0.25) is 0 Å². The van der Waals surface area contributed by atoms with Crippen LogP contribution in [-0.4, -0.2) is 35.6 Å². The first-order valence-corrected chi connectivity index (χ1v) is 5.79. The number of carbonyl (C=O) groups excluding carboxylic acids is 1. The number of hydrogen-bond donors (Lipinski definition) is 2. The Labute approximate surface area is 108 Å². The van der Waals surface area contributed by atoms with E-state index >= 15 is 0 Å². The molecule has 0 radical (unpaired) electrons. The number of carbonyl (C=O) groups is 1. The highest BCUT2D eigenvalue weighted by Gasteiger charge is 2.15. The van der Waals surface area contributed by atoms with Crippen molar-refractivity contribution >= 4 is 11.6 Å². The Morgan fingerprint density at radius 3 is 2.95 bits per heavy atom. The Hall–Kier alpha value is -2.22. The molecule has 8 heteroatoms. The summed E-state index contributed by atoms with van der Waals surface area (Å²) >= 11 is 0. The second-order valence-electron chi connectivity index (χ2n) is 3.66. The van der Waals surface area contributed by atoms with Crippen LogP contribution in [0.1, 0.15) is 23.7 Å². The number of nitro groups is 1. The molecule has 2 N–H and O–H groups in total. The van der Waals surface area contributed by atoms with Crippen LogP contribution in [0, 0.1) is 10.1 Å². The van der Waals surface area contributed by atoms with Crippen molar-refractivity contribution in [3.05, 3.63) is 38.3 Å². The summed E-state index contributed by atoms with van der Waals surface area (Å²) in [6, 6.07) is 0.955. The van der Waals surface area contributed by atoms with Gasteiger partial charge in [-0.05, 0) is 13.3 Å². The predicted molar refractivity (Wildman–Crippen MR) is 67.2 cm³/mol. The first-order valence-electron chi connectivity index (χ1n) is 5.79. The Bertz CT molecular complexity index is 511. The van der Waals surface area contributed by atoms with Gasteiger partial charge in [-0.25, -0.2) is 0 Å². The van der Waals surface area contributed by atoms with Crippen LogP contribution in [0.25, 0.3) is 0 Å². The summed E-state index contributed by atoms with van der Waals surface area (Å²) in [6.45, 7) is 3.29. The molecule has 8 nitrogen and oxygen atoms in total. The summed E-state index contributed by atoms with van der Waals surface area (Å²) in [5, 5.41) is 13.1. The van der Waals surface area contributed by atoms with Gasteiger partial charge in [0.25, 0.3) is 17.2 Å². The molecule has 104 valence electrons. The number of nitrogens with one attached hydrogen (secondary N) is 2. The molecule has 1 aromatic rings. The number of ether oxygens (including phenoxy) is 1. The Morgan fingerprint density at radius 1 is 1.58 bits per heavy atom. The van der Waals surface area contributed by atoms with E-state index in [0.29, 0.717) is 26.2 Å². The van der Waals surface area contributed by atoms with Crippen LogP contribution in [0.3, 0.4) is 0 Å². The van der Waals surface area contributed by atoms with Crippen molar-refractivity contribution < 1.29 is 14.5 Å². The molecule has 1 amide bonds. The zero-order valence-electron chi connectivity index (χ0n) is 10.5. The zero-order valence-corrected chi connectivity index (χ0v) is 10.5. The molecule has 0 aliphatic carbocycles. The number of aromatic nitrogens is 1. The van der Waals surface area contributed by atoms with Gasteiger partial charge in [0.05, 0.1) is 11.1 Å². The summed E-state index contributed by atoms with van der Waals surface area (Å²) in [5.41, 5.74) is -1.27. The molecular formula is C11H15N3O5. The zero-order chi connectivity index (χ0) is 14.3. The van der Waals surface area contributed by atoms with E-state index in [1.54, 1.807) is 0 Å². The summed E-state index contributed by atoms with van der Waals surface area (Å²) in [4.78, 5) is 35.1. The van der Waals surface area contributed by atoms with Crippen molar-refractivity contribution in [2.24, 2.45) is 0 Å². The van der Waals surface area contributed by atoms with E-state index < -0.39 is 16.4 Å². The highest BCUT2D eigenvalue weighted by molar-refractivity contribution is 5.94. The van der Waals surface area contributed by atoms with Gasteiger partial charge in [-0.3, -0.25) is 19.7 Å². The van der Waals surface area contributed by atoms with Crippen LogP contribution in [0.4, 0.5) is 5.69 Å². The third-order valence-corrected chi connectivity index (χ3v) is 2.30. The Kier molecular flexibility index (Phi) is 5.68. The molecule has 1 heterocycles. The van der Waals surface area contributed by atoms with E-state index in [1.807, 2.05) is 6.92 Å². The average Bonchev–Trinajstić information content (AvgIpc) is 2.38. The van der Waals surface area contributed by atoms with Crippen LogP contribution in [0.15, 0.2) is 17.1 Å². The molecule has 0 bridgehead atoms. The van der Waals surface area contributed by atoms with Crippen molar-refractivity contribution in [1.82, 2.24) is 10.3 Å². The van der Waals surface area contributed by atoms with Crippen LogP contribution in [0.5, 0.6) is 0 Å². The molecule has 0 aliphatic heterocycles. The first-order chi connectivity index (χ1) is 9.06. The van der Waals surface area contributed by atoms with E-state index in [9.17, 15) is 19.7 Å². The summed E-state index contributed by atoms with van der Waals surface area (Å²) in [5.74, 6) is -0.638. The number of amides is 1. The van der Waals surface area contributed by atoms with Crippen molar-refractivity contribution in [3.63, 3.8) is 0 Å². The van der Waals surface area contributed by atoms with E-state index in [4.69, 9.17) is 4.74 Å². The second kappa shape index (κ2) is 7.27. The maximum atomic E-state index is 11.7. The SMILES string of the molecule is CCOCCCNC(=O)c1cc([N+](=O)[O-])c[nH]c1=O. The van der Waals surface area contributed by atoms with Crippen LogP contribution >= 0.6 is 0 Å². The van der Waals surface area contributed by atoms with Crippen molar-refractivity contribution in [2.45, 2.75) is 13.3 Å². The normalized spacial score (nSPS) is 10.2. The summed E-state index contributed by atoms with van der Waals surface area (Å²) in [7, 11) is 0. The number of aromatic amines is 1. The maximum Gasteiger partial charge on any atom is 0.286 e. The molecule has 0 atom stereocenters. The molecule has 0 spiro atoms. The number of hydrogen-bond acceptors (Lipinski definition) is 5. The fourth-order valence-corrected chi connectivity index (χ4v) is 1.36. The molecule has 1 aromatic heterocycles. The fourth-order valence-electron chi connectivity index (χ4n) is 1.36. The maximum absolute atomic E-state index is 11.7. The number of nitrogens with zero attached hydrogens (tertiary/aromatic N) is 1. The van der Waals surface area contributed by atoms with Gasteiger partial charge in [0.15, 0.2) is 0 Å². The van der Waals surface area contributed by atoms with Gasteiger partial charge in [0, 0.05) is 25.8 Å². The second-order valence-corrected chi connectivity index (χ2v) is 3.66. The standard InChI is InChI=1S/C11H15N3O5/c1-2-19-5-3-4-12-10(15)9-6-8(14(17)18)7-13-11(9)16/h6-7H,2-5H2,1H3,(H,12,15)(H,13,16). The Balaban J connectivity index is 2.63. The van der Waals surface area contributed by atoms with Gasteiger partial charge < -0.3 is 15.0 Å². The average molecular weight is 269 g/mol. The Morgan fingerprint density at radius 2 is 2.32 bits per heavy atom. The third kappa shape index (κ3) is 4.51. The van der Waals surface area contributed by atoms with Crippen molar-refractivity contribution in [1.29, 1.82) is 0 Å². The van der Waals surface area contributed by atoms with Crippen LogP contribution in [-0.2, 0) is 4.74 Å². The largest absolute Gasteiger partial charge is 0.382 e. The number of rotatable bonds is 7. The molecular weight excluding hydrogens is 254 g/mol. The van der Waals surface area contributed by atoms with Crippen LogP contribution < -0.4 is 10.9 Å². The fraction of sp³-hybridized carbons (Fsp3) is 0.455. The molecule has 0 aromatic carbocycles. The highest BCUT2D eigenvalue weighted by atomic mass is 16.6. The van der Waals surface area contributed by atoms with E-state index in [2.05, 4.69) is 10.3 Å². The monoisotopic (exact) mass is 269 g/mol. The van der Waals surface area contributed by atoms with Gasteiger partial charge in [-0.15, -0.1) is 0 Å². The third-order valence-electron chi connectivity index (χ3n) is 2.30. The smallest absolute Gasteiger partial charge is 0.286 e. The van der Waals surface area contributed by atoms with Gasteiger partial charge in [0.2, 0.25) is 0 Å². The van der Waals surface area contributed by atoms with Gasteiger partial charge >= 0.3 is 0 Å². The first kappa shape index (κ1) is 14.8. The van der Waals surface area contributed by atoms with E-state index in [0.717, 1.165) is 12.3 Å².